The lowest BCUT2D eigenvalue weighted by Crippen LogP contribution is -2.24. The summed E-state index contributed by atoms with van der Waals surface area (Å²) in [5, 5.41) is 3.33. The van der Waals surface area contributed by atoms with Crippen LogP contribution in [0.4, 0.5) is 0 Å². The van der Waals surface area contributed by atoms with Gasteiger partial charge in [0.05, 0.1) is 6.61 Å². The summed E-state index contributed by atoms with van der Waals surface area (Å²) < 4.78 is 5.43. The summed E-state index contributed by atoms with van der Waals surface area (Å²) in [4.78, 5) is 12.3. The van der Waals surface area contributed by atoms with E-state index in [9.17, 15) is 4.79 Å². The van der Waals surface area contributed by atoms with Gasteiger partial charge in [-0.25, -0.2) is 0 Å². The maximum atomic E-state index is 12.3. The largest absolute Gasteiger partial charge is 0.490 e. The fraction of sp³-hybridized carbons (Fsp3) is 0.400. The lowest BCUT2D eigenvalue weighted by Gasteiger charge is -2.18. The van der Waals surface area contributed by atoms with Gasteiger partial charge in [-0.1, -0.05) is 12.1 Å². The number of allylic oxidation sites excluding steroid dienone is 2. The molecule has 0 saturated heterocycles. The molecular formula is C15H17NO2. The Balaban J connectivity index is 1.87. The minimum Gasteiger partial charge on any atom is -0.490 e. The molecule has 0 bridgehead atoms. The molecule has 0 atom stereocenters. The van der Waals surface area contributed by atoms with Crippen molar-refractivity contribution in [1.29, 1.82) is 0 Å². The smallest absolute Gasteiger partial charge is 0.227 e. The van der Waals surface area contributed by atoms with Crippen molar-refractivity contribution in [3.63, 3.8) is 0 Å². The summed E-state index contributed by atoms with van der Waals surface area (Å²) in [6.45, 7) is 2.54. The van der Waals surface area contributed by atoms with Crippen LogP contribution in [0.3, 0.4) is 0 Å². The quantitative estimate of drug-likeness (QED) is 0.809. The molecule has 0 spiro atoms. The van der Waals surface area contributed by atoms with Crippen molar-refractivity contribution in [2.24, 2.45) is 0 Å². The Hall–Kier alpha value is -1.61. The van der Waals surface area contributed by atoms with Crippen LogP contribution in [-0.2, 0) is 17.7 Å². The van der Waals surface area contributed by atoms with Crippen LogP contribution in [0.25, 0.3) is 0 Å². The van der Waals surface area contributed by atoms with Crippen LogP contribution < -0.4 is 5.32 Å². The molecule has 0 amide bonds. The minimum atomic E-state index is 0.0167. The lowest BCUT2D eigenvalue weighted by molar-refractivity contribution is 0.0899. The van der Waals surface area contributed by atoms with Crippen LogP contribution in [0, 0.1) is 0 Å². The highest BCUT2D eigenvalue weighted by Gasteiger charge is 2.18. The van der Waals surface area contributed by atoms with Crippen LogP contribution in [-0.4, -0.2) is 18.9 Å². The number of benzene rings is 1. The Kier molecular flexibility index (Phi) is 3.15. The van der Waals surface area contributed by atoms with Crippen LogP contribution in [0.5, 0.6) is 0 Å². The molecule has 0 aliphatic carbocycles. The summed E-state index contributed by atoms with van der Waals surface area (Å²) in [5.41, 5.74) is 3.33. The number of ether oxygens (including phenoxy) is 1. The zero-order valence-corrected chi connectivity index (χ0v) is 10.4. The Bertz CT molecular complexity index is 505. The summed E-state index contributed by atoms with van der Waals surface area (Å²) in [6, 6.07) is 6.00. The van der Waals surface area contributed by atoms with E-state index in [-0.39, 0.29) is 5.78 Å². The second kappa shape index (κ2) is 4.94. The van der Waals surface area contributed by atoms with Crippen LogP contribution in [0.1, 0.15) is 34.3 Å². The molecule has 94 valence electrons. The van der Waals surface area contributed by atoms with Crippen LogP contribution >= 0.6 is 0 Å². The zero-order valence-electron chi connectivity index (χ0n) is 10.4. The Labute approximate surface area is 107 Å². The molecule has 0 fully saturated rings. The summed E-state index contributed by atoms with van der Waals surface area (Å²) in [5.74, 6) is 0.535. The molecule has 3 rings (SSSR count). The predicted octanol–water partition coefficient (Wildman–Crippen LogP) is 2.21. The normalized spacial score (nSPS) is 18.6. The molecule has 0 saturated carbocycles. The SMILES string of the molecule is O=C(C1=CCCCO1)c1ccc2c(c1)CNCC2. The van der Waals surface area contributed by atoms with E-state index in [2.05, 4.69) is 11.4 Å². The van der Waals surface area contributed by atoms with Gasteiger partial charge in [-0.2, -0.15) is 0 Å². The van der Waals surface area contributed by atoms with Crippen molar-refractivity contribution in [1.82, 2.24) is 5.32 Å². The third-order valence-electron chi connectivity index (χ3n) is 3.51. The van der Waals surface area contributed by atoms with Crippen molar-refractivity contribution in [3.05, 3.63) is 46.7 Å². The average Bonchev–Trinajstić information content (AvgIpc) is 2.47. The highest BCUT2D eigenvalue weighted by atomic mass is 16.5. The third kappa shape index (κ3) is 2.18. The van der Waals surface area contributed by atoms with Gasteiger partial charge in [0.25, 0.3) is 0 Å². The third-order valence-corrected chi connectivity index (χ3v) is 3.51. The second-order valence-corrected chi connectivity index (χ2v) is 4.80. The molecule has 1 aromatic rings. The van der Waals surface area contributed by atoms with Crippen molar-refractivity contribution in [3.8, 4) is 0 Å². The monoisotopic (exact) mass is 243 g/mol. The topological polar surface area (TPSA) is 38.3 Å². The molecule has 0 aromatic heterocycles. The van der Waals surface area contributed by atoms with Gasteiger partial charge in [0.2, 0.25) is 5.78 Å². The molecule has 18 heavy (non-hydrogen) atoms. The van der Waals surface area contributed by atoms with E-state index >= 15 is 0 Å². The van der Waals surface area contributed by atoms with E-state index in [0.717, 1.165) is 37.9 Å². The number of carbonyl (C=O) groups is 1. The second-order valence-electron chi connectivity index (χ2n) is 4.80. The number of carbonyl (C=O) groups excluding carboxylic acids is 1. The summed E-state index contributed by atoms with van der Waals surface area (Å²) >= 11 is 0. The summed E-state index contributed by atoms with van der Waals surface area (Å²) in [6.07, 6.45) is 4.89. The first-order chi connectivity index (χ1) is 8.84. The van der Waals surface area contributed by atoms with Crippen LogP contribution in [0.15, 0.2) is 30.0 Å². The average molecular weight is 243 g/mol. The zero-order chi connectivity index (χ0) is 12.4. The first-order valence-corrected chi connectivity index (χ1v) is 6.55. The molecule has 0 unspecified atom stereocenters. The van der Waals surface area contributed by atoms with Gasteiger partial charge in [-0.3, -0.25) is 4.79 Å². The van der Waals surface area contributed by atoms with Gasteiger partial charge in [-0.05, 0) is 49.1 Å². The highest BCUT2D eigenvalue weighted by molar-refractivity contribution is 6.07. The van der Waals surface area contributed by atoms with E-state index < -0.39 is 0 Å². The number of hydrogen-bond donors (Lipinski definition) is 1. The Morgan fingerprint density at radius 3 is 3.06 bits per heavy atom. The Morgan fingerprint density at radius 1 is 1.28 bits per heavy atom. The number of Topliss-reactive ketones (excluding diaryl/α,β-unsaturated/α-hetero) is 1. The van der Waals surface area contributed by atoms with Crippen molar-refractivity contribution in [2.45, 2.75) is 25.8 Å². The molecule has 2 aliphatic heterocycles. The first-order valence-electron chi connectivity index (χ1n) is 6.55. The van der Waals surface area contributed by atoms with E-state index in [4.69, 9.17) is 4.74 Å². The number of fused-ring (bicyclic) bond motifs is 1. The number of rotatable bonds is 2. The Morgan fingerprint density at radius 2 is 2.22 bits per heavy atom. The number of nitrogens with one attached hydrogen (secondary N) is 1. The van der Waals surface area contributed by atoms with E-state index in [0.29, 0.717) is 12.4 Å². The van der Waals surface area contributed by atoms with Crippen molar-refractivity contribution >= 4 is 5.78 Å². The maximum absolute atomic E-state index is 12.3. The molecule has 1 N–H and O–H groups in total. The molecular weight excluding hydrogens is 226 g/mol. The first kappa shape index (κ1) is 11.5. The van der Waals surface area contributed by atoms with Crippen molar-refractivity contribution in [2.75, 3.05) is 13.2 Å². The lowest BCUT2D eigenvalue weighted by atomic mass is 9.96. The van der Waals surface area contributed by atoms with E-state index in [1.165, 1.54) is 11.1 Å². The highest BCUT2D eigenvalue weighted by Crippen LogP contribution is 2.20. The number of ketones is 1. The molecule has 0 radical (unpaired) electrons. The van der Waals surface area contributed by atoms with E-state index in [1.54, 1.807) is 0 Å². The summed E-state index contributed by atoms with van der Waals surface area (Å²) in [7, 11) is 0. The molecule has 3 heteroatoms. The fourth-order valence-electron chi connectivity index (χ4n) is 2.48. The van der Waals surface area contributed by atoms with Gasteiger partial charge in [0, 0.05) is 12.1 Å². The molecule has 2 heterocycles. The van der Waals surface area contributed by atoms with Gasteiger partial charge >= 0.3 is 0 Å². The maximum Gasteiger partial charge on any atom is 0.227 e. The molecule has 1 aromatic carbocycles. The van der Waals surface area contributed by atoms with E-state index in [1.807, 2.05) is 18.2 Å². The number of hydrogen-bond acceptors (Lipinski definition) is 3. The van der Waals surface area contributed by atoms with Gasteiger partial charge < -0.3 is 10.1 Å². The molecule has 2 aliphatic rings. The minimum absolute atomic E-state index is 0.0167. The predicted molar refractivity (Wildman–Crippen MR) is 69.5 cm³/mol. The van der Waals surface area contributed by atoms with Gasteiger partial charge in [0.1, 0.15) is 0 Å². The van der Waals surface area contributed by atoms with Crippen molar-refractivity contribution < 1.29 is 9.53 Å². The fourth-order valence-corrected chi connectivity index (χ4v) is 2.48. The van der Waals surface area contributed by atoms with Crippen LogP contribution in [0.2, 0.25) is 0 Å². The van der Waals surface area contributed by atoms with Gasteiger partial charge in [-0.15, -0.1) is 0 Å². The van der Waals surface area contributed by atoms with Gasteiger partial charge in [0.15, 0.2) is 5.76 Å². The standard InChI is InChI=1S/C15H17NO2/c17-15(14-3-1-2-8-18-14)12-5-4-11-6-7-16-10-13(11)9-12/h3-5,9,16H,1-2,6-8,10H2. The molecule has 3 nitrogen and oxygen atoms in total.